The number of azo groups is 2. The number of aromatic nitrogens is 4. The molecule has 0 aliphatic carbocycles. The molecule has 2 aromatic heterocycles. The standard InChI is InChI=1S/C28H22N12O8S5/c1-14-30-36-27(49-14)38-52(44,45)20-9-5-18(6-10-20)32-34-23-11-16-12-24(53(46,47)48)25(26(41)21(16)13-22(23)29)35-33-17-3-7-19(8-4-17)51-39(40(42)43)28-37-31-15(2)50-28/h3-13,41H,29H2,1-2H3,(H,36,38)(H,46,47,48). The fraction of sp³-hybridized carbons (Fsp3) is 0.0714. The number of hydrazine groups is 1. The lowest BCUT2D eigenvalue weighted by molar-refractivity contribution is -0.472. The molecule has 0 unspecified atom stereocenters. The first-order chi connectivity index (χ1) is 25.1. The van der Waals surface area contributed by atoms with E-state index in [9.17, 15) is 36.6 Å². The molecule has 0 spiro atoms. The van der Waals surface area contributed by atoms with Crippen LogP contribution in [0.1, 0.15) is 10.0 Å². The number of nitrogen functional groups attached to an aromatic ring is 1. The quantitative estimate of drug-likeness (QED) is 0.0241. The fourth-order valence-corrected chi connectivity index (χ4v) is 8.30. The summed E-state index contributed by atoms with van der Waals surface area (Å²) in [5.41, 5.74) is 6.12. The molecule has 5 N–H and O–H groups in total. The number of benzene rings is 4. The maximum Gasteiger partial charge on any atom is 0.296 e. The van der Waals surface area contributed by atoms with Crippen LogP contribution in [0.4, 0.5) is 38.7 Å². The van der Waals surface area contributed by atoms with Crippen molar-refractivity contribution in [1.29, 1.82) is 0 Å². The van der Waals surface area contributed by atoms with Crippen molar-refractivity contribution in [1.82, 2.24) is 20.4 Å². The Kier molecular flexibility index (Phi) is 10.3. The van der Waals surface area contributed by atoms with Crippen molar-refractivity contribution in [2.45, 2.75) is 28.5 Å². The normalized spacial score (nSPS) is 12.2. The molecule has 0 fully saturated rings. The number of phenols is 1. The van der Waals surface area contributed by atoms with Gasteiger partial charge in [-0.2, -0.15) is 18.6 Å². The van der Waals surface area contributed by atoms with Crippen LogP contribution in [0, 0.1) is 24.0 Å². The number of nitrogens with zero attached hydrogens (tertiary/aromatic N) is 10. The SMILES string of the molecule is Cc1nnc(NS(=O)(=O)c2ccc(N=Nc3cc4cc(S(=O)(=O)O)c(N=Nc5ccc(SN(c6nnc(C)s6)[N+](=O)[O-])cc5)c(O)c4cc3N)cc2)s1. The Morgan fingerprint density at radius 1 is 0.868 bits per heavy atom. The third-order valence-corrected chi connectivity index (χ3v) is 11.8. The van der Waals surface area contributed by atoms with Crippen LogP contribution in [0.15, 0.2) is 102 Å². The van der Waals surface area contributed by atoms with Gasteiger partial charge in [0.15, 0.2) is 10.8 Å². The second-order valence-corrected chi connectivity index (χ2v) is 16.9. The van der Waals surface area contributed by atoms with Crippen molar-refractivity contribution >= 4 is 104 Å². The largest absolute Gasteiger partial charge is 0.505 e. The third kappa shape index (κ3) is 8.50. The van der Waals surface area contributed by atoms with Gasteiger partial charge >= 0.3 is 0 Å². The molecule has 0 aliphatic rings. The van der Waals surface area contributed by atoms with Gasteiger partial charge in [0.25, 0.3) is 25.3 Å². The van der Waals surface area contributed by atoms with Gasteiger partial charge in [-0.3, -0.25) is 9.27 Å². The van der Waals surface area contributed by atoms with Crippen molar-refractivity contribution < 1.29 is 31.5 Å². The van der Waals surface area contributed by atoms with E-state index < -0.39 is 41.5 Å². The van der Waals surface area contributed by atoms with E-state index in [2.05, 4.69) is 45.6 Å². The lowest BCUT2D eigenvalue weighted by atomic mass is 10.1. The Morgan fingerprint density at radius 3 is 2.08 bits per heavy atom. The molecule has 2 heterocycles. The summed E-state index contributed by atoms with van der Waals surface area (Å²) in [6, 6.07) is 15.0. The zero-order valence-corrected chi connectivity index (χ0v) is 30.9. The van der Waals surface area contributed by atoms with Gasteiger partial charge in [0, 0.05) is 14.7 Å². The second kappa shape index (κ2) is 14.7. The van der Waals surface area contributed by atoms with E-state index in [1.807, 2.05) is 0 Å². The Morgan fingerprint density at radius 2 is 1.49 bits per heavy atom. The molecular weight excluding hydrogens is 793 g/mol. The molecule has 4 aromatic carbocycles. The summed E-state index contributed by atoms with van der Waals surface area (Å²) in [6.45, 7) is 3.35. The summed E-state index contributed by atoms with van der Waals surface area (Å²) in [5.74, 6) is -0.663. The number of nitrogens with two attached hydrogens (primary N) is 1. The number of phenolic OH excluding ortho intramolecular Hbond substituents is 1. The fourth-order valence-electron chi connectivity index (χ4n) is 4.38. The van der Waals surface area contributed by atoms with Gasteiger partial charge in [0.05, 0.1) is 33.9 Å². The molecule has 0 atom stereocenters. The molecule has 20 nitrogen and oxygen atoms in total. The van der Waals surface area contributed by atoms with E-state index in [-0.39, 0.29) is 48.7 Å². The highest BCUT2D eigenvalue weighted by Gasteiger charge is 2.25. The smallest absolute Gasteiger partial charge is 0.296 e. The molecular formula is C28H22N12O8S5. The van der Waals surface area contributed by atoms with E-state index in [0.29, 0.717) is 14.9 Å². The minimum absolute atomic E-state index is 0.0235. The van der Waals surface area contributed by atoms with Gasteiger partial charge < -0.3 is 10.8 Å². The second-order valence-electron chi connectivity index (χ2n) is 10.5. The molecule has 25 heteroatoms. The van der Waals surface area contributed by atoms with Crippen LogP contribution in [-0.4, -0.2) is 51.9 Å². The van der Waals surface area contributed by atoms with Crippen LogP contribution in [0.25, 0.3) is 10.8 Å². The van der Waals surface area contributed by atoms with Crippen molar-refractivity contribution in [3.05, 3.63) is 86.9 Å². The van der Waals surface area contributed by atoms with E-state index >= 15 is 0 Å². The Hall–Kier alpha value is -5.73. The summed E-state index contributed by atoms with van der Waals surface area (Å²) < 4.78 is 63.3. The summed E-state index contributed by atoms with van der Waals surface area (Å²) in [6.07, 6.45) is 0. The number of nitro groups is 1. The van der Waals surface area contributed by atoms with Gasteiger partial charge in [-0.05, 0) is 86.0 Å². The molecule has 0 saturated heterocycles. The van der Waals surface area contributed by atoms with Gasteiger partial charge in [-0.15, -0.1) is 30.6 Å². The van der Waals surface area contributed by atoms with Gasteiger partial charge in [0.1, 0.15) is 26.3 Å². The Labute approximate surface area is 311 Å². The predicted octanol–water partition coefficient (Wildman–Crippen LogP) is 7.03. The highest BCUT2D eigenvalue weighted by atomic mass is 32.2. The Balaban J connectivity index is 1.24. The number of nitrogens with one attached hydrogen (secondary N) is 1. The average Bonchev–Trinajstić information content (AvgIpc) is 3.72. The predicted molar refractivity (Wildman–Crippen MR) is 197 cm³/mol. The van der Waals surface area contributed by atoms with Crippen LogP contribution < -0.4 is 14.9 Å². The van der Waals surface area contributed by atoms with E-state index in [0.717, 1.165) is 45.1 Å². The molecule has 272 valence electrons. The number of aryl methyl sites for hydroxylation is 2. The van der Waals surface area contributed by atoms with Crippen LogP contribution in [0.3, 0.4) is 0 Å². The number of hydrogen-bond acceptors (Lipinski definition) is 19. The van der Waals surface area contributed by atoms with Crippen molar-refractivity contribution in [2.75, 3.05) is 14.9 Å². The zero-order chi connectivity index (χ0) is 38.1. The zero-order valence-electron chi connectivity index (χ0n) is 26.8. The number of hydrogen-bond donors (Lipinski definition) is 4. The third-order valence-electron chi connectivity index (χ3n) is 6.77. The summed E-state index contributed by atoms with van der Waals surface area (Å²) in [7, 11) is -8.90. The topological polar surface area (TPSA) is 294 Å². The molecule has 53 heavy (non-hydrogen) atoms. The number of sulfonamides is 1. The van der Waals surface area contributed by atoms with Crippen LogP contribution in [0.5, 0.6) is 5.75 Å². The summed E-state index contributed by atoms with van der Waals surface area (Å²) in [5, 5.41) is 54.6. The highest BCUT2D eigenvalue weighted by molar-refractivity contribution is 8.00. The van der Waals surface area contributed by atoms with Gasteiger partial charge in [-0.25, -0.2) is 18.5 Å². The van der Waals surface area contributed by atoms with Crippen molar-refractivity contribution in [2.24, 2.45) is 20.5 Å². The van der Waals surface area contributed by atoms with Crippen LogP contribution in [0.2, 0.25) is 0 Å². The van der Waals surface area contributed by atoms with E-state index in [1.165, 1.54) is 60.7 Å². The number of rotatable bonds is 12. The first-order valence-electron chi connectivity index (χ1n) is 14.4. The maximum absolute atomic E-state index is 12.7. The first kappa shape index (κ1) is 37.0. The van der Waals surface area contributed by atoms with Crippen LogP contribution >= 0.6 is 34.6 Å². The average molecular weight is 815 g/mol. The van der Waals surface area contributed by atoms with E-state index in [1.54, 1.807) is 13.8 Å². The monoisotopic (exact) mass is 814 g/mol. The van der Waals surface area contributed by atoms with Gasteiger partial charge in [0.2, 0.25) is 5.13 Å². The molecule has 0 bridgehead atoms. The summed E-state index contributed by atoms with van der Waals surface area (Å²) in [4.78, 5) is 11.2. The highest BCUT2D eigenvalue weighted by Crippen LogP contribution is 2.44. The lowest BCUT2D eigenvalue weighted by Crippen LogP contribution is -2.21. The van der Waals surface area contributed by atoms with Crippen molar-refractivity contribution in [3.63, 3.8) is 0 Å². The molecule has 0 saturated carbocycles. The molecule has 0 aliphatic heterocycles. The minimum atomic E-state index is -4.96. The molecule has 0 radical (unpaired) electrons. The number of aromatic hydroxyl groups is 1. The molecule has 0 amide bonds. The first-order valence-corrected chi connectivity index (χ1v) is 19.8. The number of fused-ring (bicyclic) bond motifs is 1. The lowest BCUT2D eigenvalue weighted by Gasteiger charge is -2.11. The van der Waals surface area contributed by atoms with E-state index in [4.69, 9.17) is 5.73 Å². The van der Waals surface area contributed by atoms with Gasteiger partial charge in [-0.1, -0.05) is 22.7 Å². The minimum Gasteiger partial charge on any atom is -0.505 e. The van der Waals surface area contributed by atoms with Crippen molar-refractivity contribution in [3.8, 4) is 5.75 Å². The Bertz CT molecular complexity index is 2650. The number of anilines is 3. The molecule has 6 aromatic rings. The molecule has 6 rings (SSSR count). The summed E-state index contributed by atoms with van der Waals surface area (Å²) >= 11 is 2.88. The maximum atomic E-state index is 12.7. The van der Waals surface area contributed by atoms with Crippen LogP contribution in [-0.2, 0) is 20.1 Å².